The third-order valence-corrected chi connectivity index (χ3v) is 12.9. The van der Waals surface area contributed by atoms with Gasteiger partial charge in [-0.3, -0.25) is 4.79 Å². The van der Waals surface area contributed by atoms with E-state index in [9.17, 15) is 30.0 Å². The zero-order chi connectivity index (χ0) is 42.0. The van der Waals surface area contributed by atoms with Crippen molar-refractivity contribution < 1.29 is 58.4 Å². The normalized spacial score (nSPS) is 47.3. The van der Waals surface area contributed by atoms with Gasteiger partial charge in [-0.2, -0.15) is 0 Å². The van der Waals surface area contributed by atoms with Crippen molar-refractivity contribution in [1.29, 1.82) is 0 Å². The van der Waals surface area contributed by atoms with Gasteiger partial charge in [0.25, 0.3) is 0 Å². The van der Waals surface area contributed by atoms with E-state index in [0.29, 0.717) is 13.0 Å². The molecule has 18 atom stereocenters. The van der Waals surface area contributed by atoms with Crippen molar-refractivity contribution in [1.82, 2.24) is 9.80 Å². The zero-order valence-corrected chi connectivity index (χ0v) is 35.9. The van der Waals surface area contributed by atoms with Crippen molar-refractivity contribution >= 4 is 11.9 Å². The minimum Gasteiger partial charge on any atom is -0.459 e. The molecular formula is C41H74N2O12. The molecule has 14 heteroatoms. The number of carbonyl (C=O) groups excluding carboxylic acids is 2. The number of cyclic esters (lactones) is 1. The van der Waals surface area contributed by atoms with Crippen molar-refractivity contribution in [3.8, 4) is 0 Å². The van der Waals surface area contributed by atoms with Crippen LogP contribution in [0.25, 0.3) is 0 Å². The molecule has 0 saturated carbocycles. The van der Waals surface area contributed by atoms with Crippen LogP contribution in [0.15, 0.2) is 12.7 Å². The molecule has 0 aliphatic carbocycles. The highest BCUT2D eigenvalue weighted by atomic mass is 16.7. The molecule has 0 spiro atoms. The number of esters is 2. The van der Waals surface area contributed by atoms with Crippen LogP contribution in [0.5, 0.6) is 0 Å². The van der Waals surface area contributed by atoms with Crippen LogP contribution in [-0.2, 0) is 38.0 Å². The molecule has 3 fully saturated rings. The number of hydrogen-bond donors (Lipinski definition) is 4. The maximum Gasteiger partial charge on any atom is 0.330 e. The number of carbonyl (C=O) groups is 2. The fraction of sp³-hybridized carbons (Fsp3) is 0.902. The second-order valence-electron chi connectivity index (χ2n) is 17.9. The monoisotopic (exact) mass is 787 g/mol. The molecule has 0 aromatic rings. The summed E-state index contributed by atoms with van der Waals surface area (Å²) < 4.78 is 37.7. The lowest BCUT2D eigenvalue weighted by molar-refractivity contribution is -0.302. The minimum atomic E-state index is -1.81. The number of nitrogens with zero attached hydrogens (tertiary/aromatic N) is 2. The number of rotatable bonds is 8. The minimum absolute atomic E-state index is 0.146. The molecular weight excluding hydrogens is 712 g/mol. The van der Waals surface area contributed by atoms with Gasteiger partial charge in [0, 0.05) is 44.2 Å². The van der Waals surface area contributed by atoms with Gasteiger partial charge in [-0.05, 0) is 93.8 Å². The van der Waals surface area contributed by atoms with E-state index in [1.54, 1.807) is 34.6 Å². The van der Waals surface area contributed by atoms with Crippen LogP contribution in [0, 0.1) is 23.7 Å². The highest BCUT2D eigenvalue weighted by Gasteiger charge is 2.56. The van der Waals surface area contributed by atoms with Gasteiger partial charge in [-0.15, -0.1) is 0 Å². The average molecular weight is 787 g/mol. The van der Waals surface area contributed by atoms with E-state index < -0.39 is 102 Å². The Labute approximate surface area is 329 Å². The van der Waals surface area contributed by atoms with Crippen LogP contribution in [-0.4, -0.2) is 161 Å². The van der Waals surface area contributed by atoms with Crippen LogP contribution < -0.4 is 0 Å². The fourth-order valence-electron chi connectivity index (χ4n) is 9.67. The summed E-state index contributed by atoms with van der Waals surface area (Å²) in [6.45, 7) is 21.9. The van der Waals surface area contributed by atoms with Gasteiger partial charge in [0.05, 0.1) is 35.9 Å². The van der Waals surface area contributed by atoms with Crippen molar-refractivity contribution in [2.24, 2.45) is 23.7 Å². The first-order valence-electron chi connectivity index (χ1n) is 20.1. The van der Waals surface area contributed by atoms with Gasteiger partial charge in [0.1, 0.15) is 29.5 Å². The molecule has 14 nitrogen and oxygen atoms in total. The predicted octanol–water partition coefficient (Wildman–Crippen LogP) is 2.91. The third kappa shape index (κ3) is 10.7. The van der Waals surface area contributed by atoms with Crippen LogP contribution in [0.1, 0.15) is 94.9 Å². The zero-order valence-electron chi connectivity index (χ0n) is 35.9. The molecule has 55 heavy (non-hydrogen) atoms. The summed E-state index contributed by atoms with van der Waals surface area (Å²) in [5.41, 5.74) is -4.42. The SMILES string of the molecule is C=CC(=O)O[C@H]1[C@H](C)OC([C@H]2[C@H](C)[C@@H](O[C@@H]3O[C@H](C)C[C@H](N(C)C)[C@H]3O)[C@](C)(O)C[C@@H](C)CN(C)[C@H](C)[C@@H](O)[C@](C)(O)[C@@H](CC)OC(=O)[C@@H]2C)C[C@@]1(C)OC. The Bertz CT molecular complexity index is 1280. The van der Waals surface area contributed by atoms with Crippen molar-refractivity contribution in [3.63, 3.8) is 0 Å². The summed E-state index contributed by atoms with van der Waals surface area (Å²) in [4.78, 5) is 30.8. The largest absolute Gasteiger partial charge is 0.459 e. The van der Waals surface area contributed by atoms with Crippen LogP contribution in [0.4, 0.5) is 0 Å². The molecule has 4 N–H and O–H groups in total. The lowest BCUT2D eigenvalue weighted by Gasteiger charge is -2.52. The van der Waals surface area contributed by atoms with E-state index in [0.717, 1.165) is 6.08 Å². The Balaban J connectivity index is 2.25. The summed E-state index contributed by atoms with van der Waals surface area (Å²) >= 11 is 0. The highest BCUT2D eigenvalue weighted by Crippen LogP contribution is 2.45. The molecule has 0 radical (unpaired) electrons. The number of aliphatic hydroxyl groups excluding tert-OH is 2. The molecule has 3 saturated heterocycles. The quantitative estimate of drug-likeness (QED) is 0.209. The topological polar surface area (TPSA) is 177 Å². The van der Waals surface area contributed by atoms with Gasteiger partial charge >= 0.3 is 11.9 Å². The Morgan fingerprint density at radius 1 is 1.04 bits per heavy atom. The Hall–Kier alpha value is -1.72. The Morgan fingerprint density at radius 3 is 2.20 bits per heavy atom. The predicted molar refractivity (Wildman–Crippen MR) is 207 cm³/mol. The van der Waals surface area contributed by atoms with E-state index in [1.165, 1.54) is 14.0 Å². The van der Waals surface area contributed by atoms with Gasteiger partial charge in [-0.1, -0.05) is 34.3 Å². The molecule has 3 aliphatic heterocycles. The van der Waals surface area contributed by atoms with Crippen LogP contribution in [0.2, 0.25) is 0 Å². The lowest BCUT2D eigenvalue weighted by atomic mass is 9.68. The van der Waals surface area contributed by atoms with E-state index in [1.807, 2.05) is 58.6 Å². The first kappa shape index (κ1) is 47.7. The van der Waals surface area contributed by atoms with Gasteiger partial charge in [-0.25, -0.2) is 4.79 Å². The molecule has 0 aromatic carbocycles. The summed E-state index contributed by atoms with van der Waals surface area (Å²) in [7, 11) is 7.15. The Morgan fingerprint density at radius 2 is 1.65 bits per heavy atom. The molecule has 1 unspecified atom stereocenters. The van der Waals surface area contributed by atoms with E-state index in [-0.39, 0.29) is 37.3 Å². The second kappa shape index (κ2) is 18.9. The second-order valence-corrected chi connectivity index (χ2v) is 17.9. The lowest BCUT2D eigenvalue weighted by Crippen LogP contribution is -2.62. The maximum atomic E-state index is 14.5. The van der Waals surface area contributed by atoms with Crippen LogP contribution in [0.3, 0.4) is 0 Å². The molecule has 320 valence electrons. The number of methoxy groups -OCH3 is 1. The van der Waals surface area contributed by atoms with Crippen molar-refractivity contribution in [2.45, 2.75) is 179 Å². The molecule has 3 rings (SSSR count). The first-order chi connectivity index (χ1) is 25.4. The number of likely N-dealkylation sites (N-methyl/N-ethyl adjacent to an activating group) is 2. The molecule has 3 heterocycles. The van der Waals surface area contributed by atoms with E-state index in [4.69, 9.17) is 28.4 Å². The van der Waals surface area contributed by atoms with Gasteiger partial charge in [0.2, 0.25) is 0 Å². The summed E-state index contributed by atoms with van der Waals surface area (Å²) in [6.07, 6.45) is -5.71. The smallest absolute Gasteiger partial charge is 0.330 e. The molecule has 0 aromatic heterocycles. The van der Waals surface area contributed by atoms with Gasteiger partial charge < -0.3 is 58.6 Å². The number of aliphatic hydroxyl groups is 4. The van der Waals surface area contributed by atoms with Gasteiger partial charge in [0.15, 0.2) is 12.4 Å². The van der Waals surface area contributed by atoms with E-state index >= 15 is 0 Å². The van der Waals surface area contributed by atoms with Crippen LogP contribution >= 0.6 is 0 Å². The van der Waals surface area contributed by atoms with Crippen molar-refractivity contribution in [3.05, 3.63) is 12.7 Å². The fourth-order valence-corrected chi connectivity index (χ4v) is 9.67. The Kier molecular flexibility index (Phi) is 16.4. The first-order valence-corrected chi connectivity index (χ1v) is 20.1. The maximum absolute atomic E-state index is 14.5. The standard InChI is InChI=1S/C41H74N2O12/c1-16-30-41(11,49)34(46)26(7)43(14)21-22(3)19-39(9,48)35(55-38-33(45)28(42(12)13)18-23(4)51-38)24(5)32(25(6)37(47)53-30)29-20-40(10,50-15)36(27(8)52-29)54-31(44)17-2/h17,22-30,32-36,38,45-46,48-49H,2,16,18-21H2,1,3-15H3/t22-,23-,24+,25-,26-,27+,28+,29?,30-,32+,33-,34-,35-,36+,38+,39-,40-,41-/m1/s1. The van der Waals surface area contributed by atoms with E-state index in [2.05, 4.69) is 6.58 Å². The molecule has 0 amide bonds. The molecule has 3 aliphatic rings. The highest BCUT2D eigenvalue weighted by molar-refractivity contribution is 5.81. The summed E-state index contributed by atoms with van der Waals surface area (Å²) in [6, 6.07) is -0.820. The summed E-state index contributed by atoms with van der Waals surface area (Å²) in [5, 5.41) is 47.7. The number of ether oxygens (including phenoxy) is 6. The summed E-state index contributed by atoms with van der Waals surface area (Å²) in [5.74, 6) is -3.71. The molecule has 0 bridgehead atoms. The average Bonchev–Trinajstić information content (AvgIpc) is 3.10. The third-order valence-electron chi connectivity index (χ3n) is 12.9. The van der Waals surface area contributed by atoms with Crippen molar-refractivity contribution in [2.75, 3.05) is 34.8 Å². The number of hydrogen-bond acceptors (Lipinski definition) is 14.